The molecule has 25 nitrogen and oxygen atoms in total. The highest BCUT2D eigenvalue weighted by molar-refractivity contribution is 9.10. The van der Waals surface area contributed by atoms with E-state index in [-0.39, 0.29) is 49.5 Å². The highest BCUT2D eigenvalue weighted by Crippen LogP contribution is 2.34. The third-order valence-electron chi connectivity index (χ3n) is 14.7. The Labute approximate surface area is 485 Å². The van der Waals surface area contributed by atoms with Crippen molar-refractivity contribution in [1.29, 1.82) is 0 Å². The van der Waals surface area contributed by atoms with Crippen molar-refractivity contribution in [2.24, 2.45) is 17.8 Å². The van der Waals surface area contributed by atoms with Gasteiger partial charge in [-0.3, -0.25) is 43.2 Å². The fourth-order valence-electron chi connectivity index (χ4n) is 9.95. The average molecular weight is 1220 g/mol. The Bertz CT molecular complexity index is 2660. The van der Waals surface area contributed by atoms with Crippen molar-refractivity contribution in [3.05, 3.63) is 58.1 Å². The Kier molecular flexibility index (Phi) is 23.6. The van der Waals surface area contributed by atoms with Gasteiger partial charge in [-0.05, 0) is 128 Å². The van der Waals surface area contributed by atoms with Crippen LogP contribution >= 0.6 is 15.9 Å². The standard InChI is InChI=1S/C56H80BrN9O16/c1-26(2)22-38-49(73)60-37-19-21-42-66(54(37)78)46(31(9)81-42)55(79)65(10)39(24-33-16-20-40(69)35(57)23-33)50(74)63-44(28(5)6)56(80)82-30(8)45(53(77)61-38)64-52(76)43(27(3)4)62-47(71)29(7)58-48(72)36(59-51(75)41(70)25-67)13-11-12-32-14-17-34(68)18-15-32/h14-18,20,23,26-31,36-39,41-46,67-70H,11-13,19,21-22,24-25H2,1-10H3,(H,58,72)(H,59,75)(H,60,73)(H,61,77)(H,62,71)(H,63,74)(H,64,76)/t29-,30+,31-,36-,37-,38-,39-,41+,42+,43-,44-,45-,46-/m0/s1. The lowest BCUT2D eigenvalue weighted by molar-refractivity contribution is -0.158. The number of cyclic esters (lactones) is 1. The van der Waals surface area contributed by atoms with Crippen molar-refractivity contribution >= 4 is 75.1 Å². The molecule has 3 fully saturated rings. The van der Waals surface area contributed by atoms with Crippen LogP contribution in [0, 0.1) is 17.8 Å². The van der Waals surface area contributed by atoms with Gasteiger partial charge in [-0.25, -0.2) is 4.79 Å². The first-order chi connectivity index (χ1) is 38.5. The normalized spacial score (nSPS) is 25.3. The number of likely N-dealkylation sites (N-methyl/N-ethyl adjacent to an activating group) is 1. The molecule has 11 N–H and O–H groups in total. The molecule has 2 bridgehead atoms. The molecule has 3 heterocycles. The second-order valence-electron chi connectivity index (χ2n) is 22.4. The lowest BCUT2D eigenvalue weighted by Gasteiger charge is -2.38. The summed E-state index contributed by atoms with van der Waals surface area (Å²) in [4.78, 5) is 145. The average Bonchev–Trinajstić information content (AvgIpc) is 3.84. The van der Waals surface area contributed by atoms with Gasteiger partial charge in [-0.2, -0.15) is 0 Å². The van der Waals surface area contributed by atoms with Gasteiger partial charge < -0.3 is 76.9 Å². The molecule has 5 rings (SSSR count). The third kappa shape index (κ3) is 17.1. The number of piperidine rings is 1. The van der Waals surface area contributed by atoms with E-state index in [4.69, 9.17) is 9.47 Å². The van der Waals surface area contributed by atoms with Gasteiger partial charge in [-0.1, -0.05) is 59.7 Å². The Morgan fingerprint density at radius 1 is 0.768 bits per heavy atom. The molecule has 9 amide bonds. The maximum Gasteiger partial charge on any atom is 0.329 e. The Hall–Kier alpha value is -6.90. The van der Waals surface area contributed by atoms with Crippen LogP contribution in [0.25, 0.3) is 0 Å². The molecule has 26 heteroatoms. The molecule has 2 aromatic carbocycles. The fraction of sp³-hybridized carbons (Fsp3) is 0.607. The summed E-state index contributed by atoms with van der Waals surface area (Å²) >= 11 is 3.30. The number of ether oxygens (including phenoxy) is 2. The van der Waals surface area contributed by atoms with E-state index in [1.807, 2.05) is 0 Å². The van der Waals surface area contributed by atoms with E-state index in [9.17, 15) is 68.4 Å². The van der Waals surface area contributed by atoms with Crippen LogP contribution < -0.4 is 37.2 Å². The monoisotopic (exact) mass is 1210 g/mol. The highest BCUT2D eigenvalue weighted by atomic mass is 79.9. The van der Waals surface area contributed by atoms with Crippen LogP contribution in [0.15, 0.2) is 46.9 Å². The molecule has 82 heavy (non-hydrogen) atoms. The van der Waals surface area contributed by atoms with Gasteiger partial charge in [0.2, 0.25) is 47.3 Å². The molecule has 3 saturated heterocycles. The van der Waals surface area contributed by atoms with E-state index in [1.165, 1.54) is 44.0 Å². The Balaban J connectivity index is 1.46. The van der Waals surface area contributed by atoms with E-state index >= 15 is 0 Å². The summed E-state index contributed by atoms with van der Waals surface area (Å²) in [6.45, 7) is 13.3. The number of aromatic hydroxyl groups is 2. The Morgan fingerprint density at radius 2 is 1.43 bits per heavy atom. The van der Waals surface area contributed by atoms with Crippen molar-refractivity contribution in [2.45, 2.75) is 186 Å². The maximum atomic E-state index is 14.8. The minimum atomic E-state index is -1.85. The number of aliphatic hydroxyl groups is 2. The number of hydrogen-bond acceptors (Lipinski definition) is 16. The number of fused-ring (bicyclic) bond motifs is 1. The number of esters is 1. The number of halogens is 1. The fourth-order valence-corrected chi connectivity index (χ4v) is 10.4. The van der Waals surface area contributed by atoms with Crippen LogP contribution in [0.4, 0.5) is 0 Å². The predicted molar refractivity (Wildman–Crippen MR) is 298 cm³/mol. The number of aliphatic hydroxyl groups excluding tert-OH is 2. The minimum absolute atomic E-state index is 0.0171. The van der Waals surface area contributed by atoms with Crippen molar-refractivity contribution in [1.82, 2.24) is 47.0 Å². The summed E-state index contributed by atoms with van der Waals surface area (Å²) in [5.41, 5.74) is 1.30. The largest absolute Gasteiger partial charge is 0.508 e. The second kappa shape index (κ2) is 29.4. The molecule has 0 aromatic heterocycles. The van der Waals surface area contributed by atoms with E-state index in [2.05, 4.69) is 53.1 Å². The number of phenols is 2. The molecule has 0 aliphatic carbocycles. The van der Waals surface area contributed by atoms with Gasteiger partial charge in [0.25, 0.3) is 5.91 Å². The van der Waals surface area contributed by atoms with E-state index in [1.54, 1.807) is 72.7 Å². The number of phenolic OH excluding ortho intramolecular Hbond substituents is 2. The molecular weight excluding hydrogens is 1130 g/mol. The quantitative estimate of drug-likeness (QED) is 0.0829. The molecule has 13 atom stereocenters. The molecule has 0 saturated carbocycles. The number of nitrogens with zero attached hydrogens (tertiary/aromatic N) is 2. The highest BCUT2D eigenvalue weighted by Gasteiger charge is 2.53. The zero-order chi connectivity index (χ0) is 61.0. The topological polar surface area (TPSA) is 361 Å². The smallest absolute Gasteiger partial charge is 0.329 e. The van der Waals surface area contributed by atoms with Crippen LogP contribution in [0.3, 0.4) is 0 Å². The van der Waals surface area contributed by atoms with Crippen molar-refractivity contribution < 1.29 is 77.8 Å². The molecule has 2 aromatic rings. The van der Waals surface area contributed by atoms with Gasteiger partial charge in [-0.15, -0.1) is 0 Å². The van der Waals surface area contributed by atoms with Gasteiger partial charge in [0.15, 0.2) is 6.10 Å². The third-order valence-corrected chi connectivity index (χ3v) is 15.4. The van der Waals surface area contributed by atoms with Crippen molar-refractivity contribution in [3.63, 3.8) is 0 Å². The number of amides is 9. The van der Waals surface area contributed by atoms with E-state index in [0.29, 0.717) is 22.9 Å². The summed E-state index contributed by atoms with van der Waals surface area (Å²) in [6.07, 6.45) is -4.20. The van der Waals surface area contributed by atoms with Crippen LogP contribution in [-0.4, -0.2) is 182 Å². The number of hydrogen-bond donors (Lipinski definition) is 11. The molecule has 0 spiro atoms. The lowest BCUT2D eigenvalue weighted by Crippen LogP contribution is -2.64. The summed E-state index contributed by atoms with van der Waals surface area (Å²) < 4.78 is 12.4. The molecule has 3 aliphatic rings. The number of carbonyl (C=O) groups is 10. The number of rotatable bonds is 19. The molecule has 452 valence electrons. The number of carbonyl (C=O) groups excluding carboxylic acids is 10. The first-order valence-electron chi connectivity index (χ1n) is 27.6. The zero-order valence-electron chi connectivity index (χ0n) is 47.9. The summed E-state index contributed by atoms with van der Waals surface area (Å²) in [5, 5.41) is 57.5. The van der Waals surface area contributed by atoms with E-state index < -0.39 is 156 Å². The molecule has 0 unspecified atom stereocenters. The lowest BCUT2D eigenvalue weighted by atomic mass is 9.97. The van der Waals surface area contributed by atoms with Crippen LogP contribution in [0.2, 0.25) is 0 Å². The summed E-state index contributed by atoms with van der Waals surface area (Å²) in [5.74, 6) is -10.4. The van der Waals surface area contributed by atoms with Crippen LogP contribution in [0.5, 0.6) is 11.5 Å². The van der Waals surface area contributed by atoms with Gasteiger partial charge in [0, 0.05) is 13.5 Å². The van der Waals surface area contributed by atoms with Gasteiger partial charge >= 0.3 is 5.97 Å². The first kappa shape index (κ1) is 65.9. The molecule has 3 aliphatic heterocycles. The summed E-state index contributed by atoms with van der Waals surface area (Å²) in [6, 6.07) is -1.65. The predicted octanol–water partition coefficient (Wildman–Crippen LogP) is 0.0586. The second-order valence-corrected chi connectivity index (χ2v) is 23.3. The molecular formula is C56H80BrN9O16. The zero-order valence-corrected chi connectivity index (χ0v) is 49.5. The van der Waals surface area contributed by atoms with Crippen molar-refractivity contribution in [2.75, 3.05) is 13.7 Å². The first-order valence-corrected chi connectivity index (χ1v) is 28.4. The number of benzene rings is 2. The van der Waals surface area contributed by atoms with Crippen molar-refractivity contribution in [3.8, 4) is 11.5 Å². The number of aryl methyl sites for hydroxylation is 1. The maximum absolute atomic E-state index is 14.8. The molecule has 0 radical (unpaired) electrons. The van der Waals surface area contributed by atoms with Gasteiger partial charge in [0.1, 0.15) is 78.2 Å². The SMILES string of the molecule is CC(C)C[C@@H]1NC(=O)[C@@H](NC(=O)[C@@H](NC(=O)[C@H](C)NC(=O)[C@H](CCCc2ccc(O)cc2)NC(=O)[C@H](O)CO)C(C)C)[C@@H](C)OC(=O)[C@H](C(C)C)NC(=O)[C@H](Cc2ccc(O)c(Br)c2)N(C)C(=O)[C@@H]2[C@H](C)O[C@@H]3CC[C@H](NC1=O)C(=O)N23. The van der Waals surface area contributed by atoms with E-state index in [0.717, 1.165) is 10.5 Å². The van der Waals surface area contributed by atoms with Crippen LogP contribution in [-0.2, 0) is 70.3 Å². The number of nitrogens with one attached hydrogen (secondary N) is 7. The minimum Gasteiger partial charge on any atom is -0.508 e. The summed E-state index contributed by atoms with van der Waals surface area (Å²) in [7, 11) is 1.38. The Morgan fingerprint density at radius 3 is 2.04 bits per heavy atom. The van der Waals surface area contributed by atoms with Crippen LogP contribution in [0.1, 0.15) is 106 Å². The van der Waals surface area contributed by atoms with Gasteiger partial charge in [0.05, 0.1) is 17.2 Å².